The van der Waals surface area contributed by atoms with Crippen LogP contribution in [0.5, 0.6) is 0 Å². The second kappa shape index (κ2) is 4.89. The van der Waals surface area contributed by atoms with Crippen LogP contribution in [0, 0.1) is 0 Å². The molecule has 0 bridgehead atoms. The summed E-state index contributed by atoms with van der Waals surface area (Å²) in [6.07, 6.45) is -3.16. The van der Waals surface area contributed by atoms with Gasteiger partial charge < -0.3 is 5.11 Å². The Hall–Kier alpha value is -1.08. The van der Waals surface area contributed by atoms with Crippen molar-refractivity contribution in [3.8, 4) is 0 Å². The first kappa shape index (κ1) is 13.4. The van der Waals surface area contributed by atoms with Gasteiger partial charge in [0.15, 0.2) is 0 Å². The second-order valence-corrected chi connectivity index (χ2v) is 5.02. The molecule has 1 aliphatic rings. The second-order valence-electron chi connectivity index (χ2n) is 4.28. The lowest BCUT2D eigenvalue weighted by atomic mass is 10.1. The van der Waals surface area contributed by atoms with Crippen LogP contribution in [0.1, 0.15) is 24.0 Å². The average Bonchev–Trinajstić information content (AvgIpc) is 2.85. The van der Waals surface area contributed by atoms with E-state index in [4.69, 9.17) is 5.11 Å². The van der Waals surface area contributed by atoms with E-state index in [0.29, 0.717) is 19.4 Å². The molecule has 1 saturated heterocycles. The summed E-state index contributed by atoms with van der Waals surface area (Å²) in [5, 5.41) is 11.5. The molecule has 0 aliphatic carbocycles. The number of nitrogens with zero attached hydrogens (tertiary/aromatic N) is 1. The maximum atomic E-state index is 12.7. The number of carboxylic acid groups (broad SMARTS) is 1. The largest absolute Gasteiger partial charge is 0.480 e. The van der Waals surface area contributed by atoms with Crippen molar-refractivity contribution in [3.63, 3.8) is 0 Å². The molecule has 0 radical (unpaired) electrons. The zero-order chi connectivity index (χ0) is 13.3. The van der Waals surface area contributed by atoms with Crippen molar-refractivity contribution in [2.24, 2.45) is 0 Å². The predicted molar refractivity (Wildman–Crippen MR) is 60.4 cm³/mol. The zero-order valence-electron chi connectivity index (χ0n) is 9.41. The lowest BCUT2D eigenvalue weighted by Gasteiger charge is -2.21. The molecule has 1 fully saturated rings. The third kappa shape index (κ3) is 2.67. The first-order valence-electron chi connectivity index (χ1n) is 5.48. The number of hydrogen-bond acceptors (Lipinski definition) is 3. The first-order valence-corrected chi connectivity index (χ1v) is 6.43. The minimum Gasteiger partial charge on any atom is -0.480 e. The van der Waals surface area contributed by atoms with Crippen LogP contribution < -0.4 is 0 Å². The number of carbonyl (C=O) groups is 1. The maximum Gasteiger partial charge on any atom is 0.417 e. The van der Waals surface area contributed by atoms with Gasteiger partial charge in [0.05, 0.1) is 5.56 Å². The Morgan fingerprint density at radius 1 is 1.50 bits per heavy atom. The molecule has 0 saturated carbocycles. The van der Waals surface area contributed by atoms with E-state index in [1.54, 1.807) is 4.90 Å². The molecule has 2 rings (SSSR count). The zero-order valence-corrected chi connectivity index (χ0v) is 10.2. The van der Waals surface area contributed by atoms with E-state index in [-0.39, 0.29) is 12.1 Å². The molecular formula is C11H12F3NO2S. The first-order chi connectivity index (χ1) is 8.39. The lowest BCUT2D eigenvalue weighted by Crippen LogP contribution is -2.35. The normalized spacial score (nSPS) is 21.4. The molecule has 18 heavy (non-hydrogen) atoms. The SMILES string of the molecule is O=C(O)[C@@H]1CCCN1Cc1cscc1C(F)(F)F. The Morgan fingerprint density at radius 3 is 2.83 bits per heavy atom. The molecular weight excluding hydrogens is 267 g/mol. The van der Waals surface area contributed by atoms with Gasteiger partial charge in [-0.2, -0.15) is 24.5 Å². The number of alkyl halides is 3. The highest BCUT2D eigenvalue weighted by molar-refractivity contribution is 7.08. The fourth-order valence-corrected chi connectivity index (χ4v) is 3.06. The van der Waals surface area contributed by atoms with Gasteiger partial charge in [-0.15, -0.1) is 0 Å². The number of aliphatic carboxylic acids is 1. The quantitative estimate of drug-likeness (QED) is 0.925. The van der Waals surface area contributed by atoms with Crippen LogP contribution in [0.25, 0.3) is 0 Å². The smallest absolute Gasteiger partial charge is 0.417 e. The molecule has 0 spiro atoms. The van der Waals surface area contributed by atoms with Crippen molar-refractivity contribution < 1.29 is 23.1 Å². The highest BCUT2D eigenvalue weighted by Gasteiger charge is 2.36. The summed E-state index contributed by atoms with van der Waals surface area (Å²) in [7, 11) is 0. The van der Waals surface area contributed by atoms with E-state index in [2.05, 4.69) is 0 Å². The summed E-state index contributed by atoms with van der Waals surface area (Å²) >= 11 is 0.992. The molecule has 1 N–H and O–H groups in total. The van der Waals surface area contributed by atoms with Crippen molar-refractivity contribution in [1.29, 1.82) is 0 Å². The lowest BCUT2D eigenvalue weighted by molar-refractivity contribution is -0.142. The summed E-state index contributed by atoms with van der Waals surface area (Å²) in [5.41, 5.74) is -0.482. The van der Waals surface area contributed by atoms with E-state index in [9.17, 15) is 18.0 Å². The molecule has 0 aromatic carbocycles. The standard InChI is InChI=1S/C11H12F3NO2S/c12-11(13,14)8-6-18-5-7(8)4-15-3-1-2-9(15)10(16)17/h5-6,9H,1-4H2,(H,16,17)/t9-/m0/s1. The molecule has 7 heteroatoms. The fourth-order valence-electron chi connectivity index (χ4n) is 2.21. The Bertz CT molecular complexity index is 444. The summed E-state index contributed by atoms with van der Waals surface area (Å²) in [6, 6.07) is -0.661. The van der Waals surface area contributed by atoms with E-state index in [1.807, 2.05) is 0 Å². The highest BCUT2D eigenvalue weighted by atomic mass is 32.1. The number of thiophene rings is 1. The van der Waals surface area contributed by atoms with Gasteiger partial charge in [0.25, 0.3) is 0 Å². The van der Waals surface area contributed by atoms with Gasteiger partial charge in [0.1, 0.15) is 6.04 Å². The van der Waals surface area contributed by atoms with Gasteiger partial charge in [0.2, 0.25) is 0 Å². The predicted octanol–water partition coefficient (Wildman–Crippen LogP) is 2.82. The van der Waals surface area contributed by atoms with Gasteiger partial charge in [0, 0.05) is 11.9 Å². The van der Waals surface area contributed by atoms with Crippen LogP contribution in [0.2, 0.25) is 0 Å². The van der Waals surface area contributed by atoms with Gasteiger partial charge in [-0.05, 0) is 30.3 Å². The van der Waals surface area contributed by atoms with Crippen LogP contribution in [0.3, 0.4) is 0 Å². The Labute approximate surface area is 106 Å². The molecule has 0 unspecified atom stereocenters. The Kier molecular flexibility index (Phi) is 3.63. The molecule has 1 atom stereocenters. The topological polar surface area (TPSA) is 40.5 Å². The van der Waals surface area contributed by atoms with E-state index >= 15 is 0 Å². The van der Waals surface area contributed by atoms with Crippen molar-refractivity contribution in [3.05, 3.63) is 21.9 Å². The molecule has 1 aromatic heterocycles. The number of likely N-dealkylation sites (tertiary alicyclic amines) is 1. The van der Waals surface area contributed by atoms with Crippen molar-refractivity contribution in [1.82, 2.24) is 4.90 Å². The Morgan fingerprint density at radius 2 is 2.22 bits per heavy atom. The molecule has 1 aromatic rings. The van der Waals surface area contributed by atoms with Crippen molar-refractivity contribution >= 4 is 17.3 Å². The van der Waals surface area contributed by atoms with Crippen LogP contribution in [-0.4, -0.2) is 28.6 Å². The minimum absolute atomic E-state index is 0.0509. The molecule has 1 aliphatic heterocycles. The number of carboxylic acids is 1. The highest BCUT2D eigenvalue weighted by Crippen LogP contribution is 2.35. The molecule has 0 amide bonds. The van der Waals surface area contributed by atoms with Gasteiger partial charge in [-0.25, -0.2) is 0 Å². The van der Waals surface area contributed by atoms with Crippen LogP contribution in [0.4, 0.5) is 13.2 Å². The minimum atomic E-state index is -4.37. The maximum absolute atomic E-state index is 12.7. The summed E-state index contributed by atoms with van der Waals surface area (Å²) in [4.78, 5) is 12.6. The summed E-state index contributed by atoms with van der Waals surface area (Å²) in [5.74, 6) is -0.962. The summed E-state index contributed by atoms with van der Waals surface area (Å²) in [6.45, 7) is 0.583. The average molecular weight is 279 g/mol. The number of rotatable bonds is 3. The van der Waals surface area contributed by atoms with Crippen LogP contribution in [-0.2, 0) is 17.5 Å². The fraction of sp³-hybridized carbons (Fsp3) is 0.545. The molecule has 2 heterocycles. The monoisotopic (exact) mass is 279 g/mol. The van der Waals surface area contributed by atoms with Gasteiger partial charge in [-0.3, -0.25) is 9.69 Å². The van der Waals surface area contributed by atoms with E-state index in [0.717, 1.165) is 16.7 Å². The van der Waals surface area contributed by atoms with E-state index in [1.165, 1.54) is 5.38 Å². The van der Waals surface area contributed by atoms with Crippen molar-refractivity contribution in [2.45, 2.75) is 31.6 Å². The van der Waals surface area contributed by atoms with E-state index < -0.39 is 23.8 Å². The Balaban J connectivity index is 2.15. The molecule has 100 valence electrons. The third-order valence-corrected chi connectivity index (χ3v) is 3.86. The molecule has 3 nitrogen and oxygen atoms in total. The van der Waals surface area contributed by atoms with Crippen molar-refractivity contribution in [2.75, 3.05) is 6.54 Å². The third-order valence-electron chi connectivity index (χ3n) is 3.07. The number of halogens is 3. The number of hydrogen-bond donors (Lipinski definition) is 1. The van der Waals surface area contributed by atoms with Gasteiger partial charge in [-0.1, -0.05) is 0 Å². The van der Waals surface area contributed by atoms with Crippen LogP contribution >= 0.6 is 11.3 Å². The van der Waals surface area contributed by atoms with Gasteiger partial charge >= 0.3 is 12.1 Å². The van der Waals surface area contributed by atoms with Crippen LogP contribution in [0.15, 0.2) is 10.8 Å². The summed E-state index contributed by atoms with van der Waals surface area (Å²) < 4.78 is 38.0.